The van der Waals surface area contributed by atoms with Gasteiger partial charge in [-0.15, -0.1) is 0 Å². The van der Waals surface area contributed by atoms with Crippen molar-refractivity contribution < 1.29 is 0 Å². The fourth-order valence-electron chi connectivity index (χ4n) is 5.51. The molecule has 5 unspecified atom stereocenters. The van der Waals surface area contributed by atoms with Crippen molar-refractivity contribution >= 4 is 0 Å². The van der Waals surface area contributed by atoms with E-state index in [4.69, 9.17) is 5.73 Å². The lowest BCUT2D eigenvalue weighted by atomic mass is 9.86. The number of nitrogens with two attached hydrogens (primary N) is 1. The highest BCUT2D eigenvalue weighted by Crippen LogP contribution is 2.70. The molecule has 3 aliphatic rings. The first-order valence-electron chi connectivity index (χ1n) is 8.80. The average Bonchev–Trinajstić information content (AvgIpc) is 2.88. The minimum atomic E-state index is 0.243. The normalized spacial score (nSPS) is 38.4. The van der Waals surface area contributed by atoms with Gasteiger partial charge in [-0.1, -0.05) is 45.0 Å². The Balaban J connectivity index is 1.40. The first-order valence-corrected chi connectivity index (χ1v) is 8.80. The molecule has 0 spiro atoms. The van der Waals surface area contributed by atoms with Gasteiger partial charge < -0.3 is 5.73 Å². The van der Waals surface area contributed by atoms with Crippen LogP contribution >= 0.6 is 0 Å². The van der Waals surface area contributed by atoms with Gasteiger partial charge in [0.1, 0.15) is 0 Å². The SMILES string of the molecule is CC(C)(C)c1ccc(CC(N)C2C3C4CCC(C4)C23)cc1. The van der Waals surface area contributed by atoms with E-state index in [1.807, 2.05) is 0 Å². The van der Waals surface area contributed by atoms with Gasteiger partial charge in [-0.2, -0.15) is 0 Å². The highest BCUT2D eigenvalue weighted by atomic mass is 14.8. The molecule has 0 amide bonds. The van der Waals surface area contributed by atoms with E-state index in [2.05, 4.69) is 45.0 Å². The van der Waals surface area contributed by atoms with Crippen LogP contribution in [0.5, 0.6) is 0 Å². The molecule has 0 aliphatic heterocycles. The molecule has 2 bridgehead atoms. The number of benzene rings is 1. The molecule has 5 atom stereocenters. The Morgan fingerprint density at radius 1 is 1.05 bits per heavy atom. The summed E-state index contributed by atoms with van der Waals surface area (Å²) in [6.07, 6.45) is 5.59. The van der Waals surface area contributed by atoms with E-state index in [0.717, 1.165) is 36.0 Å². The molecule has 3 saturated carbocycles. The van der Waals surface area contributed by atoms with Gasteiger partial charge >= 0.3 is 0 Å². The van der Waals surface area contributed by atoms with E-state index in [-0.39, 0.29) is 5.41 Å². The fourth-order valence-corrected chi connectivity index (χ4v) is 5.51. The largest absolute Gasteiger partial charge is 0.327 e. The number of hydrogen-bond donors (Lipinski definition) is 1. The highest BCUT2D eigenvalue weighted by molar-refractivity contribution is 5.28. The first kappa shape index (κ1) is 13.8. The molecule has 0 aromatic heterocycles. The maximum Gasteiger partial charge on any atom is 0.0113 e. The van der Waals surface area contributed by atoms with Crippen LogP contribution in [0.3, 0.4) is 0 Å². The molecule has 1 aromatic carbocycles. The molecule has 0 saturated heterocycles. The summed E-state index contributed by atoms with van der Waals surface area (Å²) >= 11 is 0. The molecule has 4 rings (SSSR count). The molecule has 1 nitrogen and oxygen atoms in total. The van der Waals surface area contributed by atoms with Gasteiger partial charge in [0, 0.05) is 6.04 Å². The third-order valence-electron chi connectivity index (χ3n) is 6.58. The van der Waals surface area contributed by atoms with Crippen LogP contribution in [-0.2, 0) is 11.8 Å². The predicted molar refractivity (Wildman–Crippen MR) is 88.1 cm³/mol. The van der Waals surface area contributed by atoms with E-state index in [1.54, 1.807) is 0 Å². The lowest BCUT2D eigenvalue weighted by Gasteiger charge is -2.20. The standard InChI is InChI=1S/C20H29N/c1-20(2,3)15-8-4-12(5-9-15)10-16(21)19-17-13-6-7-14(11-13)18(17)19/h4-5,8-9,13-14,16-19H,6-7,10-11,21H2,1-3H3. The van der Waals surface area contributed by atoms with E-state index < -0.39 is 0 Å². The van der Waals surface area contributed by atoms with Crippen molar-refractivity contribution in [2.24, 2.45) is 35.3 Å². The van der Waals surface area contributed by atoms with Crippen LogP contribution in [0.2, 0.25) is 0 Å². The molecule has 114 valence electrons. The quantitative estimate of drug-likeness (QED) is 0.886. The van der Waals surface area contributed by atoms with Gasteiger partial charge in [0.05, 0.1) is 0 Å². The molecule has 2 N–H and O–H groups in total. The molecule has 0 radical (unpaired) electrons. The van der Waals surface area contributed by atoms with Crippen molar-refractivity contribution in [2.75, 3.05) is 0 Å². The van der Waals surface area contributed by atoms with Crippen molar-refractivity contribution in [3.05, 3.63) is 35.4 Å². The summed E-state index contributed by atoms with van der Waals surface area (Å²) in [6.45, 7) is 6.82. The van der Waals surface area contributed by atoms with Gasteiger partial charge in [0.15, 0.2) is 0 Å². The van der Waals surface area contributed by atoms with Crippen LogP contribution in [0.15, 0.2) is 24.3 Å². The molecule has 1 aromatic rings. The highest BCUT2D eigenvalue weighted by Gasteiger charge is 2.65. The maximum atomic E-state index is 6.58. The molecule has 0 heterocycles. The van der Waals surface area contributed by atoms with Crippen molar-refractivity contribution in [3.63, 3.8) is 0 Å². The monoisotopic (exact) mass is 283 g/mol. The average molecular weight is 283 g/mol. The van der Waals surface area contributed by atoms with E-state index >= 15 is 0 Å². The Morgan fingerprint density at radius 3 is 2.14 bits per heavy atom. The summed E-state index contributed by atoms with van der Waals surface area (Å²) in [7, 11) is 0. The van der Waals surface area contributed by atoms with Gasteiger partial charge in [-0.05, 0) is 71.8 Å². The Morgan fingerprint density at radius 2 is 1.62 bits per heavy atom. The van der Waals surface area contributed by atoms with E-state index in [9.17, 15) is 0 Å². The molecular formula is C20H29N. The predicted octanol–water partition coefficient (Wildman–Crippen LogP) is 4.15. The van der Waals surface area contributed by atoms with Gasteiger partial charge in [0.25, 0.3) is 0 Å². The van der Waals surface area contributed by atoms with Crippen LogP contribution < -0.4 is 5.73 Å². The van der Waals surface area contributed by atoms with Crippen LogP contribution in [0.25, 0.3) is 0 Å². The Kier molecular flexibility index (Phi) is 3.02. The van der Waals surface area contributed by atoms with Crippen LogP contribution in [-0.4, -0.2) is 6.04 Å². The minimum Gasteiger partial charge on any atom is -0.327 e. The van der Waals surface area contributed by atoms with Crippen molar-refractivity contribution in [2.45, 2.75) is 57.9 Å². The van der Waals surface area contributed by atoms with Gasteiger partial charge in [-0.3, -0.25) is 0 Å². The smallest absolute Gasteiger partial charge is 0.0113 e. The summed E-state index contributed by atoms with van der Waals surface area (Å²) in [5, 5.41) is 0. The Bertz CT molecular complexity index is 508. The van der Waals surface area contributed by atoms with Gasteiger partial charge in [-0.25, -0.2) is 0 Å². The summed E-state index contributed by atoms with van der Waals surface area (Å²) in [5.74, 6) is 4.94. The molecule has 3 aliphatic carbocycles. The second kappa shape index (κ2) is 4.59. The zero-order valence-corrected chi connectivity index (χ0v) is 13.7. The lowest BCUT2D eigenvalue weighted by molar-refractivity contribution is 0.409. The second-order valence-electron chi connectivity index (χ2n) is 8.88. The summed E-state index contributed by atoms with van der Waals surface area (Å²) in [5.41, 5.74) is 9.66. The molecular weight excluding hydrogens is 254 g/mol. The number of hydrogen-bond acceptors (Lipinski definition) is 1. The molecule has 21 heavy (non-hydrogen) atoms. The summed E-state index contributed by atoms with van der Waals surface area (Å²) in [6, 6.07) is 9.57. The third-order valence-corrected chi connectivity index (χ3v) is 6.58. The number of rotatable bonds is 3. The Labute approximate surface area is 129 Å². The molecule has 1 heteroatoms. The fraction of sp³-hybridized carbons (Fsp3) is 0.700. The Hall–Kier alpha value is -0.820. The van der Waals surface area contributed by atoms with Crippen LogP contribution in [0.1, 0.15) is 51.2 Å². The zero-order chi connectivity index (χ0) is 14.8. The zero-order valence-electron chi connectivity index (χ0n) is 13.7. The summed E-state index contributed by atoms with van der Waals surface area (Å²) in [4.78, 5) is 0. The summed E-state index contributed by atoms with van der Waals surface area (Å²) < 4.78 is 0. The minimum absolute atomic E-state index is 0.243. The lowest BCUT2D eigenvalue weighted by Crippen LogP contribution is -2.28. The van der Waals surface area contributed by atoms with Crippen LogP contribution in [0, 0.1) is 29.6 Å². The van der Waals surface area contributed by atoms with Crippen molar-refractivity contribution in [3.8, 4) is 0 Å². The van der Waals surface area contributed by atoms with Gasteiger partial charge in [0.2, 0.25) is 0 Å². The first-order chi connectivity index (χ1) is 9.95. The van der Waals surface area contributed by atoms with Crippen molar-refractivity contribution in [1.29, 1.82) is 0 Å². The maximum absolute atomic E-state index is 6.58. The topological polar surface area (TPSA) is 26.0 Å². The van der Waals surface area contributed by atoms with E-state index in [0.29, 0.717) is 6.04 Å². The molecule has 3 fully saturated rings. The second-order valence-corrected chi connectivity index (χ2v) is 8.88. The van der Waals surface area contributed by atoms with Crippen molar-refractivity contribution in [1.82, 2.24) is 0 Å². The third kappa shape index (κ3) is 2.25. The number of fused-ring (bicyclic) bond motifs is 5. The van der Waals surface area contributed by atoms with E-state index in [1.165, 1.54) is 30.4 Å². The van der Waals surface area contributed by atoms with Crippen LogP contribution in [0.4, 0.5) is 0 Å².